The zero-order valence-electron chi connectivity index (χ0n) is 17.1. The molecule has 158 valence electrons. The van der Waals surface area contributed by atoms with Gasteiger partial charge < -0.3 is 15.1 Å². The van der Waals surface area contributed by atoms with Crippen LogP contribution in [0.15, 0.2) is 48.5 Å². The highest BCUT2D eigenvalue weighted by Crippen LogP contribution is 2.57. The summed E-state index contributed by atoms with van der Waals surface area (Å²) in [7, 11) is 0. The number of urea groups is 1. The number of nitrogens with zero attached hydrogens (tertiary/aromatic N) is 2. The summed E-state index contributed by atoms with van der Waals surface area (Å²) in [5.74, 6) is -0.747. The van der Waals surface area contributed by atoms with Crippen molar-refractivity contribution in [2.45, 2.75) is 38.8 Å². The normalized spacial score (nSPS) is 20.4. The fourth-order valence-corrected chi connectivity index (χ4v) is 4.57. The second-order valence-electron chi connectivity index (χ2n) is 8.35. The molecule has 30 heavy (non-hydrogen) atoms. The highest BCUT2D eigenvalue weighted by molar-refractivity contribution is 6.06. The first-order valence-electron chi connectivity index (χ1n) is 10.2. The Balaban J connectivity index is 1.62. The summed E-state index contributed by atoms with van der Waals surface area (Å²) < 4.78 is 26.9. The van der Waals surface area contributed by atoms with Gasteiger partial charge in [-0.3, -0.25) is 4.79 Å². The van der Waals surface area contributed by atoms with Crippen molar-refractivity contribution in [1.82, 2.24) is 10.2 Å². The third kappa shape index (κ3) is 3.42. The van der Waals surface area contributed by atoms with Crippen LogP contribution in [0.3, 0.4) is 0 Å². The van der Waals surface area contributed by atoms with Gasteiger partial charge >= 0.3 is 6.03 Å². The van der Waals surface area contributed by atoms with Gasteiger partial charge in [-0.05, 0) is 68.7 Å². The highest BCUT2D eigenvalue weighted by Gasteiger charge is 2.62. The summed E-state index contributed by atoms with van der Waals surface area (Å²) in [6.07, 6.45) is 1.05. The standard InChI is InChI=1S/C23H25F2N3O2/c1-15(2)26-22(30)27-13-11-23(12-14-27)20(16-3-5-17(24)6-4-16)28(21(23)29)19-9-7-18(25)8-10-19/h3-10,15,20H,11-14H2,1-2H3,(H,26,30). The summed E-state index contributed by atoms with van der Waals surface area (Å²) in [5.41, 5.74) is 0.794. The lowest BCUT2D eigenvalue weighted by Gasteiger charge is -2.59. The van der Waals surface area contributed by atoms with Crippen molar-refractivity contribution >= 4 is 17.6 Å². The van der Waals surface area contributed by atoms with E-state index in [0.717, 1.165) is 5.56 Å². The number of benzene rings is 2. The topological polar surface area (TPSA) is 52.7 Å². The van der Waals surface area contributed by atoms with Crippen LogP contribution in [-0.2, 0) is 4.79 Å². The number of β-lactam (4-membered cyclic amide) rings is 1. The van der Waals surface area contributed by atoms with E-state index in [1.807, 2.05) is 13.8 Å². The monoisotopic (exact) mass is 413 g/mol. The molecule has 3 amide bonds. The van der Waals surface area contributed by atoms with Crippen molar-refractivity contribution in [3.8, 4) is 0 Å². The van der Waals surface area contributed by atoms with Crippen LogP contribution < -0.4 is 10.2 Å². The molecular formula is C23H25F2N3O2. The Hall–Kier alpha value is -2.96. The van der Waals surface area contributed by atoms with Crippen LogP contribution in [-0.4, -0.2) is 36.0 Å². The van der Waals surface area contributed by atoms with Gasteiger partial charge in [0.05, 0.1) is 11.5 Å². The third-order valence-electron chi connectivity index (χ3n) is 6.07. The fraction of sp³-hybridized carbons (Fsp3) is 0.391. The molecule has 0 radical (unpaired) electrons. The fourth-order valence-electron chi connectivity index (χ4n) is 4.57. The number of anilines is 1. The summed E-state index contributed by atoms with van der Waals surface area (Å²) in [4.78, 5) is 29.1. The van der Waals surface area contributed by atoms with Gasteiger partial charge in [0.25, 0.3) is 0 Å². The zero-order valence-corrected chi connectivity index (χ0v) is 17.1. The molecule has 0 bridgehead atoms. The van der Waals surface area contributed by atoms with Crippen molar-refractivity contribution in [1.29, 1.82) is 0 Å². The Morgan fingerprint density at radius 1 is 1.00 bits per heavy atom. The van der Waals surface area contributed by atoms with Crippen LogP contribution in [0.4, 0.5) is 19.3 Å². The first kappa shape index (κ1) is 20.3. The Morgan fingerprint density at radius 2 is 1.53 bits per heavy atom. The lowest BCUT2D eigenvalue weighted by atomic mass is 9.62. The predicted octanol–water partition coefficient (Wildman–Crippen LogP) is 4.25. The molecule has 2 aromatic rings. The summed E-state index contributed by atoms with van der Waals surface area (Å²) >= 11 is 0. The van der Waals surface area contributed by atoms with E-state index in [4.69, 9.17) is 0 Å². The minimum atomic E-state index is -0.652. The van der Waals surface area contributed by atoms with E-state index in [1.165, 1.54) is 24.3 Å². The molecule has 1 N–H and O–H groups in total. The molecule has 2 aromatic carbocycles. The molecule has 1 spiro atoms. The molecule has 1 unspecified atom stereocenters. The van der Waals surface area contributed by atoms with Crippen LogP contribution >= 0.6 is 0 Å². The molecule has 2 aliphatic heterocycles. The largest absolute Gasteiger partial charge is 0.336 e. The average Bonchev–Trinajstić information content (AvgIpc) is 2.73. The number of hydrogen-bond donors (Lipinski definition) is 1. The molecule has 0 aliphatic carbocycles. The molecule has 2 fully saturated rings. The first-order valence-corrected chi connectivity index (χ1v) is 10.2. The summed E-state index contributed by atoms with van der Waals surface area (Å²) in [6.45, 7) is 4.76. The summed E-state index contributed by atoms with van der Waals surface area (Å²) in [5, 5.41) is 2.89. The first-order chi connectivity index (χ1) is 14.3. The SMILES string of the molecule is CC(C)NC(=O)N1CCC2(CC1)C(=O)N(c1ccc(F)cc1)C2c1ccc(F)cc1. The predicted molar refractivity (Wildman–Crippen MR) is 110 cm³/mol. The van der Waals surface area contributed by atoms with Crippen molar-refractivity contribution in [3.63, 3.8) is 0 Å². The van der Waals surface area contributed by atoms with Crippen molar-refractivity contribution in [2.24, 2.45) is 5.41 Å². The number of likely N-dealkylation sites (tertiary alicyclic amines) is 1. The number of carbonyl (C=O) groups is 2. The lowest BCUT2D eigenvalue weighted by molar-refractivity contribution is -0.144. The lowest BCUT2D eigenvalue weighted by Crippen LogP contribution is -2.67. The second-order valence-corrected chi connectivity index (χ2v) is 8.35. The highest BCUT2D eigenvalue weighted by atomic mass is 19.1. The molecule has 0 saturated carbocycles. The van der Waals surface area contributed by atoms with Crippen LogP contribution in [0.25, 0.3) is 0 Å². The molecule has 1 atom stereocenters. The van der Waals surface area contributed by atoms with E-state index >= 15 is 0 Å². The number of piperidine rings is 1. The van der Waals surface area contributed by atoms with Crippen LogP contribution in [0.5, 0.6) is 0 Å². The molecule has 5 nitrogen and oxygen atoms in total. The van der Waals surface area contributed by atoms with Gasteiger partial charge in [0.2, 0.25) is 5.91 Å². The van der Waals surface area contributed by atoms with Crippen molar-refractivity contribution in [3.05, 3.63) is 65.7 Å². The Kier molecular flexibility index (Phi) is 5.22. The quantitative estimate of drug-likeness (QED) is 0.765. The number of halogens is 2. The van der Waals surface area contributed by atoms with E-state index in [1.54, 1.807) is 34.1 Å². The van der Waals surface area contributed by atoms with Gasteiger partial charge in [0, 0.05) is 24.8 Å². The van der Waals surface area contributed by atoms with Gasteiger partial charge in [-0.2, -0.15) is 0 Å². The van der Waals surface area contributed by atoms with Crippen molar-refractivity contribution < 1.29 is 18.4 Å². The second kappa shape index (κ2) is 7.70. The molecule has 0 aromatic heterocycles. The number of amides is 3. The Morgan fingerprint density at radius 3 is 2.07 bits per heavy atom. The van der Waals surface area contributed by atoms with E-state index in [9.17, 15) is 18.4 Å². The molecule has 2 aliphatic rings. The van der Waals surface area contributed by atoms with Crippen LogP contribution in [0.1, 0.15) is 38.3 Å². The van der Waals surface area contributed by atoms with Gasteiger partial charge in [0.1, 0.15) is 11.6 Å². The number of carbonyl (C=O) groups excluding carboxylic acids is 2. The minimum Gasteiger partial charge on any atom is -0.336 e. The van der Waals surface area contributed by atoms with Gasteiger partial charge in [-0.1, -0.05) is 12.1 Å². The maximum Gasteiger partial charge on any atom is 0.317 e. The molecule has 2 saturated heterocycles. The van der Waals surface area contributed by atoms with Crippen LogP contribution in [0, 0.1) is 17.0 Å². The Labute approximate surface area is 174 Å². The molecular weight excluding hydrogens is 388 g/mol. The van der Waals surface area contributed by atoms with Crippen molar-refractivity contribution in [2.75, 3.05) is 18.0 Å². The minimum absolute atomic E-state index is 0.0349. The number of rotatable bonds is 3. The maximum absolute atomic E-state index is 13.5. The van der Waals surface area contributed by atoms with Gasteiger partial charge in [-0.25, -0.2) is 13.6 Å². The smallest absolute Gasteiger partial charge is 0.317 e. The van der Waals surface area contributed by atoms with E-state index < -0.39 is 5.41 Å². The van der Waals surface area contributed by atoms with E-state index in [2.05, 4.69) is 5.32 Å². The van der Waals surface area contributed by atoms with E-state index in [-0.39, 0.29) is 35.7 Å². The Bertz CT molecular complexity index is 936. The molecule has 7 heteroatoms. The maximum atomic E-state index is 13.5. The zero-order chi connectivity index (χ0) is 21.5. The van der Waals surface area contributed by atoms with Crippen LogP contribution in [0.2, 0.25) is 0 Å². The van der Waals surface area contributed by atoms with E-state index in [0.29, 0.717) is 31.6 Å². The summed E-state index contributed by atoms with van der Waals surface area (Å²) in [6, 6.07) is 11.6. The number of hydrogen-bond acceptors (Lipinski definition) is 2. The van der Waals surface area contributed by atoms with Gasteiger partial charge in [-0.15, -0.1) is 0 Å². The third-order valence-corrected chi connectivity index (χ3v) is 6.07. The van der Waals surface area contributed by atoms with Gasteiger partial charge in [0.15, 0.2) is 0 Å². The number of nitrogens with one attached hydrogen (secondary N) is 1. The average molecular weight is 413 g/mol. The molecule has 2 heterocycles. The molecule has 4 rings (SSSR count).